The molecule has 0 radical (unpaired) electrons. The molecule has 0 fully saturated rings. The van der Waals surface area contributed by atoms with E-state index in [1.54, 1.807) is 0 Å². The summed E-state index contributed by atoms with van der Waals surface area (Å²) in [6.45, 7) is 6.76. The topological polar surface area (TPSA) is 0 Å². The van der Waals surface area contributed by atoms with E-state index in [1.165, 1.54) is 15.4 Å². The summed E-state index contributed by atoms with van der Waals surface area (Å²) in [4.78, 5) is 2.93. The second-order valence-electron chi connectivity index (χ2n) is 4.01. The summed E-state index contributed by atoms with van der Waals surface area (Å²) in [5, 5.41) is 0. The number of fused-ring (bicyclic) bond motifs is 1. The molecule has 58 valence electrons. The standard InChI is InChI=1S/C10H12S/c1-10(2,3)7-4-5-8-9(6-7)11-8/h4-6H,1-3H3. The second kappa shape index (κ2) is 2.04. The first-order valence-corrected chi connectivity index (χ1v) is 4.71. The predicted octanol–water partition coefficient (Wildman–Crippen LogP) is 3.45. The molecule has 0 atom stereocenters. The summed E-state index contributed by atoms with van der Waals surface area (Å²) < 4.78 is 0. The second-order valence-corrected chi connectivity index (χ2v) is 5.10. The number of benzene rings is 1. The molecular weight excluding hydrogens is 152 g/mol. The van der Waals surface area contributed by atoms with E-state index in [1.807, 2.05) is 11.8 Å². The first-order valence-electron chi connectivity index (χ1n) is 3.90. The van der Waals surface area contributed by atoms with Crippen LogP contribution in [0.3, 0.4) is 0 Å². The van der Waals surface area contributed by atoms with Crippen LogP contribution in [-0.2, 0) is 5.41 Å². The molecule has 0 saturated carbocycles. The molecule has 0 nitrogen and oxygen atoms in total. The Hall–Kier alpha value is -0.430. The van der Waals surface area contributed by atoms with Crippen molar-refractivity contribution in [2.24, 2.45) is 0 Å². The lowest BCUT2D eigenvalue weighted by molar-refractivity contribution is 0.588. The lowest BCUT2D eigenvalue weighted by Gasteiger charge is -2.17. The fourth-order valence-corrected chi connectivity index (χ4v) is 1.77. The van der Waals surface area contributed by atoms with Crippen LogP contribution in [-0.4, -0.2) is 0 Å². The van der Waals surface area contributed by atoms with Crippen molar-refractivity contribution in [2.45, 2.75) is 36.0 Å². The molecule has 0 unspecified atom stereocenters. The summed E-state index contributed by atoms with van der Waals surface area (Å²) >= 11 is 1.89. The van der Waals surface area contributed by atoms with E-state index in [4.69, 9.17) is 0 Å². The molecule has 0 aliphatic carbocycles. The molecule has 1 heterocycles. The summed E-state index contributed by atoms with van der Waals surface area (Å²) in [6, 6.07) is 6.76. The van der Waals surface area contributed by atoms with Gasteiger partial charge >= 0.3 is 0 Å². The third-order valence-corrected chi connectivity index (χ3v) is 2.92. The molecule has 0 aromatic heterocycles. The van der Waals surface area contributed by atoms with Crippen LogP contribution in [0.4, 0.5) is 0 Å². The van der Waals surface area contributed by atoms with Gasteiger partial charge in [-0.3, -0.25) is 0 Å². The zero-order valence-corrected chi connectivity index (χ0v) is 7.96. The van der Waals surface area contributed by atoms with Gasteiger partial charge in [-0.25, -0.2) is 0 Å². The minimum Gasteiger partial charge on any atom is -0.0877 e. The van der Waals surface area contributed by atoms with Gasteiger partial charge in [0, 0.05) is 9.79 Å². The van der Waals surface area contributed by atoms with Gasteiger partial charge in [-0.1, -0.05) is 38.6 Å². The van der Waals surface area contributed by atoms with Crippen LogP contribution in [0.2, 0.25) is 0 Å². The van der Waals surface area contributed by atoms with Gasteiger partial charge in [0.15, 0.2) is 0 Å². The van der Waals surface area contributed by atoms with Crippen molar-refractivity contribution in [1.82, 2.24) is 0 Å². The average Bonchev–Trinajstić information content (AvgIpc) is 2.60. The Kier molecular flexibility index (Phi) is 1.34. The minimum atomic E-state index is 0.304. The van der Waals surface area contributed by atoms with E-state index >= 15 is 0 Å². The number of hydrogen-bond donors (Lipinski definition) is 0. The van der Waals surface area contributed by atoms with E-state index in [-0.39, 0.29) is 0 Å². The van der Waals surface area contributed by atoms with E-state index in [0.717, 1.165) is 0 Å². The Morgan fingerprint density at radius 1 is 1.09 bits per heavy atom. The van der Waals surface area contributed by atoms with Crippen molar-refractivity contribution in [3.05, 3.63) is 23.8 Å². The summed E-state index contributed by atoms with van der Waals surface area (Å²) in [5.74, 6) is 0. The number of hydrogen-bond acceptors (Lipinski definition) is 1. The maximum Gasteiger partial charge on any atom is 0.0265 e. The maximum absolute atomic E-state index is 2.31. The molecule has 0 bridgehead atoms. The highest BCUT2D eigenvalue weighted by atomic mass is 32.2. The van der Waals surface area contributed by atoms with Crippen molar-refractivity contribution >= 4 is 11.8 Å². The van der Waals surface area contributed by atoms with Crippen LogP contribution >= 0.6 is 11.8 Å². The highest BCUT2D eigenvalue weighted by Crippen LogP contribution is 2.49. The normalized spacial score (nSPS) is 14.5. The van der Waals surface area contributed by atoms with E-state index in [9.17, 15) is 0 Å². The van der Waals surface area contributed by atoms with E-state index < -0.39 is 0 Å². The monoisotopic (exact) mass is 164 g/mol. The molecule has 1 aromatic carbocycles. The van der Waals surface area contributed by atoms with Crippen LogP contribution in [0.25, 0.3) is 0 Å². The van der Waals surface area contributed by atoms with E-state index in [0.29, 0.717) is 5.41 Å². The highest BCUT2D eigenvalue weighted by molar-refractivity contribution is 8.05. The average molecular weight is 164 g/mol. The highest BCUT2D eigenvalue weighted by Gasteiger charge is 2.21. The molecular formula is C10H12S. The van der Waals surface area contributed by atoms with Gasteiger partial charge in [-0.2, -0.15) is 0 Å². The molecule has 0 saturated heterocycles. The SMILES string of the molecule is CC(C)(C)c1ccc2c(c1)S2. The quantitative estimate of drug-likeness (QED) is 0.537. The lowest BCUT2D eigenvalue weighted by Crippen LogP contribution is -2.10. The molecule has 0 spiro atoms. The van der Waals surface area contributed by atoms with Crippen LogP contribution in [0.5, 0.6) is 0 Å². The molecule has 11 heavy (non-hydrogen) atoms. The first-order chi connectivity index (χ1) is 5.07. The minimum absolute atomic E-state index is 0.304. The van der Waals surface area contributed by atoms with Crippen LogP contribution < -0.4 is 0 Å². The predicted molar refractivity (Wildman–Crippen MR) is 49.3 cm³/mol. The van der Waals surface area contributed by atoms with E-state index in [2.05, 4.69) is 39.0 Å². The van der Waals surface area contributed by atoms with Gasteiger partial charge in [0.25, 0.3) is 0 Å². The Morgan fingerprint density at radius 3 is 2.36 bits per heavy atom. The Bertz CT molecular complexity index is 294. The Labute approximate surface area is 72.0 Å². The largest absolute Gasteiger partial charge is 0.0877 e. The summed E-state index contributed by atoms with van der Waals surface area (Å²) in [7, 11) is 0. The van der Waals surface area contributed by atoms with Crippen LogP contribution in [0, 0.1) is 0 Å². The Balaban J connectivity index is 2.42. The van der Waals surface area contributed by atoms with Crippen LogP contribution in [0.1, 0.15) is 26.3 Å². The molecule has 0 N–H and O–H groups in total. The third-order valence-electron chi connectivity index (χ3n) is 1.99. The van der Waals surface area contributed by atoms with Crippen molar-refractivity contribution in [1.29, 1.82) is 0 Å². The third kappa shape index (κ3) is 1.30. The Morgan fingerprint density at radius 2 is 1.82 bits per heavy atom. The molecule has 0 amide bonds. The lowest BCUT2D eigenvalue weighted by atomic mass is 9.87. The maximum atomic E-state index is 2.31. The molecule has 1 heteroatoms. The van der Waals surface area contributed by atoms with Gasteiger partial charge in [0.05, 0.1) is 0 Å². The smallest absolute Gasteiger partial charge is 0.0265 e. The van der Waals surface area contributed by atoms with Crippen molar-refractivity contribution in [2.75, 3.05) is 0 Å². The van der Waals surface area contributed by atoms with Gasteiger partial charge < -0.3 is 0 Å². The van der Waals surface area contributed by atoms with Crippen molar-refractivity contribution in [3.63, 3.8) is 0 Å². The number of rotatable bonds is 0. The molecule has 2 rings (SSSR count). The van der Waals surface area contributed by atoms with Gasteiger partial charge in [-0.15, -0.1) is 0 Å². The van der Waals surface area contributed by atoms with Crippen molar-refractivity contribution < 1.29 is 0 Å². The summed E-state index contributed by atoms with van der Waals surface area (Å²) in [6.07, 6.45) is 0. The molecule has 1 aliphatic heterocycles. The fourth-order valence-electron chi connectivity index (χ4n) is 1.13. The zero-order valence-electron chi connectivity index (χ0n) is 7.14. The fraction of sp³-hybridized carbons (Fsp3) is 0.400. The van der Waals surface area contributed by atoms with Gasteiger partial charge in [0.1, 0.15) is 0 Å². The summed E-state index contributed by atoms with van der Waals surface area (Å²) in [5.41, 5.74) is 1.75. The first kappa shape index (κ1) is 7.23. The molecule has 1 aliphatic rings. The zero-order chi connectivity index (χ0) is 8.06. The van der Waals surface area contributed by atoms with Gasteiger partial charge in [-0.05, 0) is 23.1 Å². The van der Waals surface area contributed by atoms with Gasteiger partial charge in [0.2, 0.25) is 0 Å². The van der Waals surface area contributed by atoms with Crippen LogP contribution in [0.15, 0.2) is 28.0 Å². The molecule has 1 aromatic rings. The van der Waals surface area contributed by atoms with Crippen molar-refractivity contribution in [3.8, 4) is 0 Å².